The maximum Gasteiger partial charge on any atom is 0.278 e. The molecule has 0 saturated heterocycles. The van der Waals surface area contributed by atoms with E-state index < -0.39 is 22.5 Å². The summed E-state index contributed by atoms with van der Waals surface area (Å²) in [6, 6.07) is 20.1. The van der Waals surface area contributed by atoms with Crippen molar-refractivity contribution >= 4 is 21.6 Å². The highest BCUT2D eigenvalue weighted by Crippen LogP contribution is 2.25. The molecule has 150 valence electrons. The molecule has 0 atom stereocenters. The van der Waals surface area contributed by atoms with Gasteiger partial charge in [-0.15, -0.1) is 0 Å². The normalized spacial score (nSPS) is 11.1. The topological polar surface area (TPSA) is 63.7 Å². The van der Waals surface area contributed by atoms with Gasteiger partial charge >= 0.3 is 0 Å². The quantitative estimate of drug-likeness (QED) is 0.605. The first-order chi connectivity index (χ1) is 13.8. The first-order valence-corrected chi connectivity index (χ1v) is 10.6. The van der Waals surface area contributed by atoms with Gasteiger partial charge in [0.25, 0.3) is 15.9 Å². The minimum absolute atomic E-state index is 0.0418. The number of aryl methyl sites for hydroxylation is 3. The van der Waals surface area contributed by atoms with Crippen molar-refractivity contribution < 1.29 is 17.9 Å². The molecule has 0 aromatic heterocycles. The average molecular weight is 410 g/mol. The average Bonchev–Trinajstić information content (AvgIpc) is 2.71. The molecule has 3 aromatic carbocycles. The predicted molar refractivity (Wildman–Crippen MR) is 114 cm³/mol. The number of amides is 1. The second kappa shape index (κ2) is 8.49. The van der Waals surface area contributed by atoms with Crippen molar-refractivity contribution in [1.29, 1.82) is 0 Å². The number of anilines is 1. The Hall–Kier alpha value is -3.12. The van der Waals surface area contributed by atoms with Crippen LogP contribution in [0.1, 0.15) is 16.7 Å². The van der Waals surface area contributed by atoms with Gasteiger partial charge in [-0.1, -0.05) is 42.0 Å². The summed E-state index contributed by atoms with van der Waals surface area (Å²) < 4.78 is 32.9. The molecule has 3 aromatic rings. The molecule has 3 rings (SSSR count). The molecule has 0 unspecified atom stereocenters. The van der Waals surface area contributed by atoms with E-state index in [4.69, 9.17) is 4.74 Å². The number of carbonyl (C=O) groups is 1. The highest BCUT2D eigenvalue weighted by Gasteiger charge is 2.31. The van der Waals surface area contributed by atoms with Crippen molar-refractivity contribution in [2.75, 3.05) is 10.9 Å². The molecule has 0 aliphatic heterocycles. The third-order valence-corrected chi connectivity index (χ3v) is 6.38. The number of ether oxygens (including phenoxy) is 1. The van der Waals surface area contributed by atoms with Crippen LogP contribution in [0.15, 0.2) is 77.7 Å². The molecule has 6 heteroatoms. The maximum absolute atomic E-state index is 13.2. The summed E-state index contributed by atoms with van der Waals surface area (Å²) in [5, 5.41) is 0. The molecule has 1 amide bonds. The molecule has 29 heavy (non-hydrogen) atoms. The Bertz CT molecular complexity index is 1110. The van der Waals surface area contributed by atoms with Crippen molar-refractivity contribution in [3.63, 3.8) is 0 Å². The van der Waals surface area contributed by atoms with Crippen LogP contribution in [-0.2, 0) is 14.8 Å². The molecule has 0 saturated carbocycles. The molecule has 0 heterocycles. The summed E-state index contributed by atoms with van der Waals surface area (Å²) >= 11 is 0. The summed E-state index contributed by atoms with van der Waals surface area (Å²) in [6.45, 7) is 5.42. The van der Waals surface area contributed by atoms with Crippen LogP contribution in [0.5, 0.6) is 5.75 Å². The van der Waals surface area contributed by atoms with Crippen molar-refractivity contribution in [3.05, 3.63) is 89.5 Å². The minimum atomic E-state index is -4.08. The fraction of sp³-hybridized carbons (Fsp3) is 0.174. The number of rotatable bonds is 6. The highest BCUT2D eigenvalue weighted by atomic mass is 32.2. The largest absolute Gasteiger partial charge is 0.484 e. The van der Waals surface area contributed by atoms with Crippen LogP contribution in [0, 0.1) is 20.8 Å². The van der Waals surface area contributed by atoms with E-state index in [9.17, 15) is 13.2 Å². The van der Waals surface area contributed by atoms with E-state index in [1.54, 1.807) is 48.5 Å². The van der Waals surface area contributed by atoms with Crippen molar-refractivity contribution in [3.8, 4) is 5.75 Å². The molecular formula is C23H23NO4S. The summed E-state index contributed by atoms with van der Waals surface area (Å²) in [5.41, 5.74) is 3.37. The van der Waals surface area contributed by atoms with Gasteiger partial charge in [0, 0.05) is 0 Å². The summed E-state index contributed by atoms with van der Waals surface area (Å²) in [6.07, 6.45) is 0. The Morgan fingerprint density at radius 3 is 2.14 bits per heavy atom. The first-order valence-electron chi connectivity index (χ1n) is 9.19. The van der Waals surface area contributed by atoms with Crippen LogP contribution in [0.25, 0.3) is 0 Å². The molecule has 0 bridgehead atoms. The Balaban J connectivity index is 1.93. The lowest BCUT2D eigenvalue weighted by atomic mass is 10.1. The van der Waals surface area contributed by atoms with E-state index in [0.717, 1.165) is 21.0 Å². The van der Waals surface area contributed by atoms with E-state index in [-0.39, 0.29) is 10.6 Å². The lowest BCUT2D eigenvalue weighted by Crippen LogP contribution is -2.40. The zero-order chi connectivity index (χ0) is 21.0. The summed E-state index contributed by atoms with van der Waals surface area (Å²) in [4.78, 5) is 13.0. The van der Waals surface area contributed by atoms with Gasteiger partial charge in [-0.25, -0.2) is 8.42 Å². The summed E-state index contributed by atoms with van der Waals surface area (Å²) in [5.74, 6) is -0.154. The molecule has 0 aliphatic carbocycles. The van der Waals surface area contributed by atoms with Crippen molar-refractivity contribution in [2.24, 2.45) is 0 Å². The predicted octanol–water partition coefficient (Wildman–Crippen LogP) is 4.41. The molecule has 0 fully saturated rings. The van der Waals surface area contributed by atoms with Gasteiger partial charge in [0.1, 0.15) is 5.75 Å². The van der Waals surface area contributed by atoms with Crippen LogP contribution in [0.3, 0.4) is 0 Å². The molecular weight excluding hydrogens is 386 g/mol. The third kappa shape index (κ3) is 4.66. The Labute approximate surface area is 171 Å². The van der Waals surface area contributed by atoms with Gasteiger partial charge < -0.3 is 4.74 Å². The Morgan fingerprint density at radius 1 is 0.862 bits per heavy atom. The SMILES string of the molecule is Cc1ccc(N(C(=O)COc2ccc(C)c(C)c2)S(=O)(=O)c2ccccc2)cc1. The van der Waals surface area contributed by atoms with Gasteiger partial charge in [0.2, 0.25) is 0 Å². The lowest BCUT2D eigenvalue weighted by Gasteiger charge is -2.23. The van der Waals surface area contributed by atoms with Gasteiger partial charge in [-0.3, -0.25) is 4.79 Å². The fourth-order valence-corrected chi connectivity index (χ4v) is 4.23. The number of carbonyl (C=O) groups excluding carboxylic acids is 1. The first kappa shape index (κ1) is 20.6. The number of sulfonamides is 1. The Kier molecular flexibility index (Phi) is 6.03. The molecule has 0 N–H and O–H groups in total. The van der Waals surface area contributed by atoms with E-state index >= 15 is 0 Å². The van der Waals surface area contributed by atoms with Crippen LogP contribution in [0.2, 0.25) is 0 Å². The van der Waals surface area contributed by atoms with E-state index in [1.165, 1.54) is 12.1 Å². The van der Waals surface area contributed by atoms with Crippen molar-refractivity contribution in [1.82, 2.24) is 0 Å². The Morgan fingerprint density at radius 2 is 1.52 bits per heavy atom. The monoisotopic (exact) mass is 409 g/mol. The van der Waals surface area contributed by atoms with Gasteiger partial charge in [-0.05, 0) is 68.3 Å². The van der Waals surface area contributed by atoms with Gasteiger partial charge in [-0.2, -0.15) is 4.31 Å². The number of nitrogens with zero attached hydrogens (tertiary/aromatic N) is 1. The minimum Gasteiger partial charge on any atom is -0.484 e. The fourth-order valence-electron chi connectivity index (χ4n) is 2.80. The standard InChI is InChI=1S/C23H23NO4S/c1-17-9-12-20(13-10-17)24(29(26,27)22-7-5-4-6-8-22)23(25)16-28-21-14-11-18(2)19(3)15-21/h4-15H,16H2,1-3H3. The van der Waals surface area contributed by atoms with Gasteiger partial charge in [0.15, 0.2) is 6.61 Å². The number of hydrogen-bond acceptors (Lipinski definition) is 4. The van der Waals surface area contributed by atoms with E-state index in [0.29, 0.717) is 5.75 Å². The molecule has 0 radical (unpaired) electrons. The van der Waals surface area contributed by atoms with Crippen LogP contribution < -0.4 is 9.04 Å². The van der Waals surface area contributed by atoms with Crippen LogP contribution in [0.4, 0.5) is 5.69 Å². The third-order valence-electron chi connectivity index (χ3n) is 4.62. The lowest BCUT2D eigenvalue weighted by molar-refractivity contribution is -0.119. The zero-order valence-corrected chi connectivity index (χ0v) is 17.4. The molecule has 5 nitrogen and oxygen atoms in total. The van der Waals surface area contributed by atoms with Crippen LogP contribution >= 0.6 is 0 Å². The van der Waals surface area contributed by atoms with E-state index in [2.05, 4.69) is 0 Å². The number of hydrogen-bond donors (Lipinski definition) is 0. The molecule has 0 aliphatic rings. The van der Waals surface area contributed by atoms with E-state index in [1.807, 2.05) is 32.9 Å². The number of benzene rings is 3. The van der Waals surface area contributed by atoms with Crippen molar-refractivity contribution in [2.45, 2.75) is 25.7 Å². The summed E-state index contributed by atoms with van der Waals surface area (Å²) in [7, 11) is -4.08. The maximum atomic E-state index is 13.2. The van der Waals surface area contributed by atoms with Crippen LogP contribution in [-0.4, -0.2) is 20.9 Å². The second-order valence-corrected chi connectivity index (χ2v) is 8.63. The second-order valence-electron chi connectivity index (χ2n) is 6.85. The smallest absolute Gasteiger partial charge is 0.278 e. The zero-order valence-electron chi connectivity index (χ0n) is 16.6. The molecule has 0 spiro atoms. The van der Waals surface area contributed by atoms with Gasteiger partial charge in [0.05, 0.1) is 10.6 Å². The highest BCUT2D eigenvalue weighted by molar-refractivity contribution is 7.93.